The number of carbonyl (C=O) groups is 1. The third-order valence-electron chi connectivity index (χ3n) is 4.95. The fraction of sp³-hybridized carbons (Fsp3) is 0.111. The van der Waals surface area contributed by atoms with E-state index in [0.717, 1.165) is 6.07 Å². The van der Waals surface area contributed by atoms with Crippen LogP contribution in [-0.4, -0.2) is 57.0 Å². The summed E-state index contributed by atoms with van der Waals surface area (Å²) in [6.07, 6.45) is 0.110. The van der Waals surface area contributed by atoms with E-state index in [9.17, 15) is 50.5 Å². The van der Waals surface area contributed by atoms with Crippen molar-refractivity contribution in [3.8, 4) is 5.75 Å². The van der Waals surface area contributed by atoms with Gasteiger partial charge in [-0.05, 0) is 19.1 Å². The van der Waals surface area contributed by atoms with Gasteiger partial charge in [-0.15, -0.1) is 10.2 Å². The number of aromatic nitrogens is 1. The lowest BCUT2D eigenvalue weighted by molar-refractivity contribution is -0.384. The van der Waals surface area contributed by atoms with E-state index in [1.165, 1.54) is 6.92 Å². The van der Waals surface area contributed by atoms with Crippen LogP contribution in [0.2, 0.25) is 0 Å². The summed E-state index contributed by atoms with van der Waals surface area (Å²) in [7, 11) is -15.5. The Morgan fingerprint density at radius 3 is 2.13 bits per heavy atom. The minimum absolute atomic E-state index is 0.110. The standard InChI is InChI=1S/C18H15N4O14PS2/c1-8-17(24)13(6-23)14(7-36-37(27,28)29)18(19-8)21-20-9-2-11-12(15(3-9)38(30,31)32)4-10(22(25)26)5-16(11)39(33,34)35/h2-6,24H,7H2,1H3,(H2,27,28,29)(H,30,31,32)(H,33,34,35)/b21-20-. The molecule has 0 aliphatic rings. The number of nitro groups is 1. The van der Waals surface area contributed by atoms with Gasteiger partial charge in [0.1, 0.15) is 15.5 Å². The summed E-state index contributed by atoms with van der Waals surface area (Å²) in [6, 6.07) is 2.54. The first-order valence-electron chi connectivity index (χ1n) is 9.84. The number of carbonyl (C=O) groups excluding carboxylic acids is 1. The summed E-state index contributed by atoms with van der Waals surface area (Å²) in [6.45, 7) is 0.227. The first-order chi connectivity index (χ1) is 17.8. The summed E-state index contributed by atoms with van der Waals surface area (Å²) >= 11 is 0. The topological polar surface area (TPSA) is 294 Å². The second-order valence-electron chi connectivity index (χ2n) is 7.53. The highest BCUT2D eigenvalue weighted by molar-refractivity contribution is 7.86. The van der Waals surface area contributed by atoms with Crippen molar-refractivity contribution in [2.24, 2.45) is 10.2 Å². The van der Waals surface area contributed by atoms with E-state index in [0.29, 0.717) is 18.2 Å². The number of non-ortho nitro benzene ring substituents is 1. The number of nitro benzene ring substituents is 1. The molecule has 0 bridgehead atoms. The van der Waals surface area contributed by atoms with Gasteiger partial charge in [0.15, 0.2) is 12.1 Å². The highest BCUT2D eigenvalue weighted by Gasteiger charge is 2.26. The number of hydrogen-bond acceptors (Lipinski definition) is 13. The number of phosphoric acid groups is 1. The number of aryl methyl sites for hydroxylation is 1. The van der Waals surface area contributed by atoms with Crippen LogP contribution in [0.4, 0.5) is 17.2 Å². The van der Waals surface area contributed by atoms with Gasteiger partial charge in [-0.2, -0.15) is 16.8 Å². The van der Waals surface area contributed by atoms with Crippen molar-refractivity contribution < 1.29 is 59.6 Å². The van der Waals surface area contributed by atoms with Gasteiger partial charge in [-0.1, -0.05) is 0 Å². The number of aromatic hydroxyl groups is 1. The molecular formula is C18H15N4O14PS2. The third kappa shape index (κ3) is 6.64. The molecule has 3 rings (SSSR count). The number of pyridine rings is 1. The summed E-state index contributed by atoms with van der Waals surface area (Å²) in [5.74, 6) is -1.22. The van der Waals surface area contributed by atoms with Crippen LogP contribution in [0.5, 0.6) is 5.75 Å². The van der Waals surface area contributed by atoms with Gasteiger partial charge >= 0.3 is 7.82 Å². The van der Waals surface area contributed by atoms with E-state index >= 15 is 0 Å². The lowest BCUT2D eigenvalue weighted by atomic mass is 10.1. The number of hydrogen-bond donors (Lipinski definition) is 5. The fourth-order valence-corrected chi connectivity index (χ4v) is 5.03. The highest BCUT2D eigenvalue weighted by atomic mass is 32.2. The molecule has 0 saturated carbocycles. The second kappa shape index (κ2) is 10.4. The lowest BCUT2D eigenvalue weighted by Crippen LogP contribution is -2.04. The molecule has 39 heavy (non-hydrogen) atoms. The first-order valence-corrected chi connectivity index (χ1v) is 14.2. The van der Waals surface area contributed by atoms with Crippen molar-refractivity contribution in [1.82, 2.24) is 4.98 Å². The van der Waals surface area contributed by atoms with E-state index in [4.69, 9.17) is 9.79 Å². The quantitative estimate of drug-likeness (QED) is 0.0583. The molecule has 0 amide bonds. The highest BCUT2D eigenvalue weighted by Crippen LogP contribution is 2.41. The van der Waals surface area contributed by atoms with Gasteiger partial charge in [0.25, 0.3) is 25.9 Å². The van der Waals surface area contributed by atoms with Crippen molar-refractivity contribution >= 4 is 62.3 Å². The van der Waals surface area contributed by atoms with Crippen LogP contribution in [-0.2, 0) is 35.9 Å². The van der Waals surface area contributed by atoms with E-state index in [-0.39, 0.29) is 12.0 Å². The Morgan fingerprint density at radius 2 is 1.62 bits per heavy atom. The molecule has 18 nitrogen and oxygen atoms in total. The Hall–Kier alpha value is -3.75. The van der Waals surface area contributed by atoms with Crippen molar-refractivity contribution in [3.05, 3.63) is 51.2 Å². The molecule has 1 heterocycles. The maximum absolute atomic E-state index is 12.0. The van der Waals surface area contributed by atoms with Crippen LogP contribution in [0.25, 0.3) is 10.8 Å². The van der Waals surface area contributed by atoms with Crippen molar-refractivity contribution in [1.29, 1.82) is 0 Å². The van der Waals surface area contributed by atoms with Crippen molar-refractivity contribution in [2.75, 3.05) is 0 Å². The predicted octanol–water partition coefficient (Wildman–Crippen LogP) is 2.49. The number of rotatable bonds is 9. The molecule has 0 aliphatic heterocycles. The minimum atomic E-state index is -5.20. The molecule has 0 atom stereocenters. The number of benzene rings is 2. The van der Waals surface area contributed by atoms with Crippen LogP contribution >= 0.6 is 7.82 Å². The van der Waals surface area contributed by atoms with Crippen LogP contribution in [0.3, 0.4) is 0 Å². The average molecular weight is 606 g/mol. The minimum Gasteiger partial charge on any atom is -0.505 e. The molecule has 0 radical (unpaired) electrons. The van der Waals surface area contributed by atoms with Crippen molar-refractivity contribution in [3.63, 3.8) is 0 Å². The molecule has 1 aromatic heterocycles. The Labute approximate surface area is 217 Å². The molecule has 0 spiro atoms. The SMILES string of the molecule is Cc1nc(/N=N\c2cc(S(=O)(=O)O)c3cc([N+](=O)[O-])cc(S(=O)(=O)O)c3c2)c(COP(=O)(O)O)c(C=O)c1O. The van der Waals surface area contributed by atoms with Gasteiger partial charge in [0, 0.05) is 28.5 Å². The summed E-state index contributed by atoms with van der Waals surface area (Å²) in [4.78, 5) is 41.3. The molecular weight excluding hydrogens is 591 g/mol. The number of azo groups is 1. The maximum Gasteiger partial charge on any atom is 0.469 e. The Bertz CT molecular complexity index is 1830. The normalized spacial score (nSPS) is 12.7. The third-order valence-corrected chi connectivity index (χ3v) is 7.20. The van der Waals surface area contributed by atoms with Gasteiger partial charge in [0.2, 0.25) is 0 Å². The number of fused-ring (bicyclic) bond motifs is 1. The molecule has 21 heteroatoms. The zero-order valence-electron chi connectivity index (χ0n) is 19.1. The van der Waals surface area contributed by atoms with Gasteiger partial charge < -0.3 is 14.9 Å². The number of nitrogens with zero attached hydrogens (tertiary/aromatic N) is 4. The zero-order valence-corrected chi connectivity index (χ0v) is 21.6. The number of aldehydes is 1. The molecule has 0 fully saturated rings. The largest absolute Gasteiger partial charge is 0.505 e. The average Bonchev–Trinajstić information content (AvgIpc) is 2.80. The summed E-state index contributed by atoms with van der Waals surface area (Å²) < 4.78 is 82.7. The van der Waals surface area contributed by atoms with E-state index in [2.05, 4.69) is 19.7 Å². The number of phosphoric ester groups is 1. The molecule has 208 valence electrons. The van der Waals surface area contributed by atoms with Crippen LogP contribution < -0.4 is 0 Å². The molecule has 0 unspecified atom stereocenters. The summed E-state index contributed by atoms with van der Waals surface area (Å²) in [5.41, 5.74) is -2.64. The molecule has 0 saturated heterocycles. The molecule has 3 aromatic rings. The smallest absolute Gasteiger partial charge is 0.469 e. The molecule has 2 aromatic carbocycles. The summed E-state index contributed by atoms with van der Waals surface area (Å²) in [5, 5.41) is 27.4. The zero-order chi connectivity index (χ0) is 29.5. The van der Waals surface area contributed by atoms with Crippen molar-refractivity contribution in [2.45, 2.75) is 23.3 Å². The first kappa shape index (κ1) is 29.8. The lowest BCUT2D eigenvalue weighted by Gasteiger charge is -2.12. The van der Waals surface area contributed by atoms with Gasteiger partial charge in [-0.25, -0.2) is 9.55 Å². The Balaban J connectivity index is 2.34. The van der Waals surface area contributed by atoms with Crippen LogP contribution in [0, 0.1) is 17.0 Å². The second-order valence-corrected chi connectivity index (χ2v) is 11.6. The van der Waals surface area contributed by atoms with E-state index < -0.39 is 94.2 Å². The van der Waals surface area contributed by atoms with E-state index in [1.54, 1.807) is 0 Å². The monoisotopic (exact) mass is 606 g/mol. The van der Waals surface area contributed by atoms with Crippen LogP contribution in [0.15, 0.2) is 44.3 Å². The Kier molecular flexibility index (Phi) is 7.97. The van der Waals surface area contributed by atoms with E-state index in [1.807, 2.05) is 0 Å². The Morgan fingerprint density at radius 1 is 1.05 bits per heavy atom. The molecule has 0 aliphatic carbocycles. The molecule has 5 N–H and O–H groups in total. The fourth-order valence-electron chi connectivity index (χ4n) is 3.30. The van der Waals surface area contributed by atoms with Gasteiger partial charge in [0.05, 0.1) is 28.5 Å². The maximum atomic E-state index is 12.0. The van der Waals surface area contributed by atoms with Crippen LogP contribution in [0.1, 0.15) is 21.6 Å². The van der Waals surface area contributed by atoms with Gasteiger partial charge in [-0.3, -0.25) is 28.5 Å². The predicted molar refractivity (Wildman–Crippen MR) is 127 cm³/mol.